The maximum atomic E-state index is 9.00. The van der Waals surface area contributed by atoms with E-state index in [1.54, 1.807) is 0 Å². The highest BCUT2D eigenvalue weighted by Gasteiger charge is 1.60. The molecule has 0 aliphatic rings. The number of amides is 2. The lowest BCUT2D eigenvalue weighted by Gasteiger charge is -1.88. The Morgan fingerprint density at radius 2 is 1.60 bits per heavy atom. The van der Waals surface area contributed by atoms with Crippen LogP contribution in [0.25, 0.3) is 0 Å². The van der Waals surface area contributed by atoms with E-state index in [4.69, 9.17) is 14.8 Å². The van der Waals surface area contributed by atoms with Gasteiger partial charge in [0.2, 0.25) is 0 Å². The highest BCUT2D eigenvalue weighted by molar-refractivity contribution is 5.69. The first-order valence-electron chi connectivity index (χ1n) is 1.42. The lowest BCUT2D eigenvalue weighted by molar-refractivity contribution is -0.652. The van der Waals surface area contributed by atoms with E-state index in [-0.39, 0.29) is 18.8 Å². The van der Waals surface area contributed by atoms with Crippen molar-refractivity contribution < 1.29 is 19.7 Å². The van der Waals surface area contributed by atoms with Crippen LogP contribution in [0.5, 0.6) is 0 Å². The van der Waals surface area contributed by atoms with Gasteiger partial charge in [-0.2, -0.15) is 0 Å². The molecule has 0 aliphatic heterocycles. The van der Waals surface area contributed by atoms with Crippen LogP contribution in [0.2, 0.25) is 0 Å². The Kier molecular flexibility index (Phi) is 59.8. The van der Waals surface area contributed by atoms with E-state index in [1.165, 1.54) is 0 Å². The average molecular weight is 156 g/mol. The molecule has 0 saturated carbocycles. The summed E-state index contributed by atoms with van der Waals surface area (Å²) in [6, 6.07) is -0.833. The fourth-order valence-corrected chi connectivity index (χ4v) is 0. The second kappa shape index (κ2) is 25.5. The number of hydrogen-bond donors (Lipinski definition) is 4. The van der Waals surface area contributed by atoms with Crippen molar-refractivity contribution in [2.24, 2.45) is 11.5 Å². The molecule has 0 fully saturated rings. The van der Waals surface area contributed by atoms with Crippen molar-refractivity contribution in [1.82, 2.24) is 12.3 Å². The third-order valence-corrected chi connectivity index (χ3v) is 0.0393. The van der Waals surface area contributed by atoms with Crippen LogP contribution in [0.1, 0.15) is 0 Å². The van der Waals surface area contributed by atoms with E-state index < -0.39 is 6.03 Å². The minimum absolute atomic E-state index is 0. The molecule has 0 saturated heterocycles. The molecule has 64 valence electrons. The molecular formula is C2H12N4O4. The Bertz CT molecular complexity index is 71.7. The van der Waals surface area contributed by atoms with Crippen molar-refractivity contribution >= 4 is 12.5 Å². The van der Waals surface area contributed by atoms with Crippen molar-refractivity contribution in [2.45, 2.75) is 0 Å². The Morgan fingerprint density at radius 3 is 1.60 bits per heavy atom. The van der Waals surface area contributed by atoms with Crippen LogP contribution >= 0.6 is 0 Å². The Labute approximate surface area is 57.2 Å². The van der Waals surface area contributed by atoms with Gasteiger partial charge in [0.15, 0.2) is 0 Å². The number of primary amides is 2. The van der Waals surface area contributed by atoms with Gasteiger partial charge >= 0.3 is 6.03 Å². The van der Waals surface area contributed by atoms with Crippen molar-refractivity contribution in [3.63, 3.8) is 0 Å². The van der Waals surface area contributed by atoms with Crippen LogP contribution in [0.15, 0.2) is 0 Å². The van der Waals surface area contributed by atoms with Crippen LogP contribution in [-0.2, 0) is 9.68 Å². The molecule has 0 heterocycles. The Hall–Kier alpha value is -1.38. The second-order valence-corrected chi connectivity index (χ2v) is 0.595. The summed E-state index contributed by atoms with van der Waals surface area (Å²) in [6.45, 7) is -0.181. The van der Waals surface area contributed by atoms with Crippen LogP contribution in [0, 0.1) is 0 Å². The highest BCUT2D eigenvalue weighted by atomic mass is 17.1. The molecule has 0 aliphatic carbocycles. The normalized spacial score (nSPS) is 4.50. The van der Waals surface area contributed by atoms with Gasteiger partial charge < -0.3 is 33.9 Å². The largest absolute Gasteiger partial charge is 0.662 e. The number of urea groups is 1. The van der Waals surface area contributed by atoms with Gasteiger partial charge in [-0.15, -0.1) is 0 Å². The summed E-state index contributed by atoms with van der Waals surface area (Å²) in [5, 5.41) is 8.43. The lowest BCUT2D eigenvalue weighted by atomic mass is 11.2. The fourth-order valence-electron chi connectivity index (χ4n) is 0. The Morgan fingerprint density at radius 1 is 1.50 bits per heavy atom. The maximum Gasteiger partial charge on any atom is 0.309 e. The van der Waals surface area contributed by atoms with Crippen LogP contribution in [0.4, 0.5) is 4.79 Å². The molecule has 0 aromatic heterocycles. The predicted molar refractivity (Wildman–Crippen MR) is 31.9 cm³/mol. The molecule has 0 atom stereocenters. The van der Waals surface area contributed by atoms with Crippen molar-refractivity contribution in [3.8, 4) is 0 Å². The van der Waals surface area contributed by atoms with Crippen molar-refractivity contribution in [3.05, 3.63) is 0 Å². The summed E-state index contributed by atoms with van der Waals surface area (Å²) >= 11 is 0. The van der Waals surface area contributed by atoms with E-state index in [0.717, 1.165) is 0 Å². The summed E-state index contributed by atoms with van der Waals surface area (Å²) in [5.41, 5.74) is 8.50. The highest BCUT2D eigenvalue weighted by Crippen LogP contribution is 1.25. The molecule has 0 radical (unpaired) electrons. The van der Waals surface area contributed by atoms with Crippen LogP contribution in [0.3, 0.4) is 0 Å². The summed E-state index contributed by atoms with van der Waals surface area (Å²) in [5.74, 6) is 0. The molecule has 0 bridgehead atoms. The zero-order chi connectivity index (χ0) is 6.99. The fraction of sp³-hybridized carbons (Fsp3) is 0. The zero-order valence-corrected chi connectivity index (χ0v) is 5.57. The van der Waals surface area contributed by atoms with E-state index in [1.807, 2.05) is 0 Å². The topological polar surface area (TPSA) is 190 Å². The number of carbonyl (C=O) groups excluding carboxylic acids is 2. The first-order chi connectivity index (χ1) is 3.65. The molecule has 0 aromatic rings. The molecule has 0 aromatic carbocycles. The number of hydrogen-bond acceptors (Lipinski definition) is 5. The quantitative estimate of drug-likeness (QED) is 0.193. The molecule has 0 unspecified atom stereocenters. The van der Waals surface area contributed by atoms with Gasteiger partial charge in [-0.25, -0.2) is 4.79 Å². The lowest BCUT2D eigenvalue weighted by Crippen LogP contribution is -2.18. The number of carbonyl (C=O) groups is 2. The van der Waals surface area contributed by atoms with E-state index in [0.29, 0.717) is 0 Å². The van der Waals surface area contributed by atoms with E-state index in [9.17, 15) is 0 Å². The van der Waals surface area contributed by atoms with Gasteiger partial charge in [0.25, 0.3) is 6.47 Å². The van der Waals surface area contributed by atoms with Gasteiger partial charge in [0.05, 0.1) is 0 Å². The molecule has 11 N–H and O–H groups in total. The first kappa shape index (κ1) is 23.4. The van der Waals surface area contributed by atoms with Gasteiger partial charge in [0.1, 0.15) is 0 Å². The smallest absolute Gasteiger partial charge is 0.309 e. The van der Waals surface area contributed by atoms with E-state index >= 15 is 0 Å². The monoisotopic (exact) mass is 156 g/mol. The molecule has 8 heteroatoms. The zero-order valence-electron chi connectivity index (χ0n) is 5.57. The summed E-state index contributed by atoms with van der Waals surface area (Å²) in [4.78, 5) is 20.2. The minimum Gasteiger partial charge on any atom is -0.662 e. The minimum atomic E-state index is -0.833. The van der Waals surface area contributed by atoms with Gasteiger partial charge in [-0.1, -0.05) is 0 Å². The first-order valence-corrected chi connectivity index (χ1v) is 1.42. The summed E-state index contributed by atoms with van der Waals surface area (Å²) in [7, 11) is 0. The third kappa shape index (κ3) is 1450. The van der Waals surface area contributed by atoms with Gasteiger partial charge in [-0.05, 0) is 0 Å². The number of rotatable bonds is 1. The second-order valence-electron chi connectivity index (χ2n) is 0.595. The third-order valence-electron chi connectivity index (χ3n) is 0.0393. The average Bonchev–Trinajstić information content (AvgIpc) is 1.65. The molecule has 0 rings (SSSR count). The molecule has 10 heavy (non-hydrogen) atoms. The molecule has 2 amide bonds. The number of nitrogens with two attached hydrogens (primary N) is 2. The maximum absolute atomic E-state index is 9.00. The van der Waals surface area contributed by atoms with Gasteiger partial charge in [0, 0.05) is 0 Å². The summed E-state index contributed by atoms with van der Waals surface area (Å²) in [6.07, 6.45) is 0. The molecule has 0 spiro atoms. The number of quaternary nitrogens is 1. The molecular weight excluding hydrogens is 144 g/mol. The van der Waals surface area contributed by atoms with Crippen molar-refractivity contribution in [2.75, 3.05) is 0 Å². The summed E-state index contributed by atoms with van der Waals surface area (Å²) < 4.78 is 0. The standard InChI is InChI=1S/CH4N2O.CH2O3.2H3N/c2-1(3)4;2-1-4-3;;/h(H4,2,3,4);1,3H;2*1H3. The van der Waals surface area contributed by atoms with Crippen molar-refractivity contribution in [1.29, 1.82) is 0 Å². The predicted octanol–water partition coefficient (Wildman–Crippen LogP) is -2.00. The van der Waals surface area contributed by atoms with Crippen LogP contribution < -0.4 is 29.0 Å². The Balaban J connectivity index is -0.0000000300. The SMILES string of the molecule is N.NC(N)=O.O=CO[O-].[NH4+]. The molecule has 8 nitrogen and oxygen atoms in total. The van der Waals surface area contributed by atoms with Gasteiger partial charge in [-0.3, -0.25) is 4.79 Å². The van der Waals surface area contributed by atoms with Crippen LogP contribution in [-0.4, -0.2) is 12.5 Å². The van der Waals surface area contributed by atoms with E-state index in [2.05, 4.69) is 16.4 Å².